The molecule has 0 amide bonds. The molecule has 3 aromatic carbocycles. The monoisotopic (exact) mass is 448 g/mol. The van der Waals surface area contributed by atoms with Crippen molar-refractivity contribution in [2.75, 3.05) is 0 Å². The molecular formula is C22H15Cl3O4. The Kier molecular flexibility index (Phi) is 7.15. The average molecular weight is 450 g/mol. The molecule has 0 atom stereocenters. The predicted octanol–water partition coefficient (Wildman–Crippen LogP) is 6.26. The van der Waals surface area contributed by atoms with Gasteiger partial charge in [0.2, 0.25) is 0 Å². The minimum absolute atomic E-state index is 0.138. The Morgan fingerprint density at radius 2 is 1.17 bits per heavy atom. The van der Waals surface area contributed by atoms with Crippen molar-refractivity contribution in [3.05, 3.63) is 94.0 Å². The molecule has 0 aliphatic heterocycles. The molecule has 29 heavy (non-hydrogen) atoms. The summed E-state index contributed by atoms with van der Waals surface area (Å²) in [4.78, 5) is 24.5. The lowest BCUT2D eigenvalue weighted by Gasteiger charge is -2.09. The van der Waals surface area contributed by atoms with Gasteiger partial charge in [-0.3, -0.25) is 0 Å². The predicted molar refractivity (Wildman–Crippen MR) is 113 cm³/mol. The highest BCUT2D eigenvalue weighted by Gasteiger charge is 2.14. The van der Waals surface area contributed by atoms with Gasteiger partial charge in [0, 0.05) is 17.8 Å². The molecule has 0 aliphatic carbocycles. The van der Waals surface area contributed by atoms with Crippen molar-refractivity contribution in [2.24, 2.45) is 0 Å². The van der Waals surface area contributed by atoms with Crippen molar-refractivity contribution in [2.45, 2.75) is 11.8 Å². The number of carbonyl (C=O) groups is 2. The third-order valence-electron chi connectivity index (χ3n) is 4.00. The summed E-state index contributed by atoms with van der Waals surface area (Å²) in [7, 11) is 0. The fourth-order valence-electron chi connectivity index (χ4n) is 2.41. The van der Waals surface area contributed by atoms with Gasteiger partial charge in [0.1, 0.15) is 11.5 Å². The number of esters is 2. The van der Waals surface area contributed by atoms with E-state index >= 15 is 0 Å². The molecule has 4 nitrogen and oxygen atoms in total. The third kappa shape index (κ3) is 5.51. The van der Waals surface area contributed by atoms with Crippen LogP contribution < -0.4 is 9.47 Å². The van der Waals surface area contributed by atoms with E-state index in [2.05, 4.69) is 0 Å². The van der Waals surface area contributed by atoms with Crippen LogP contribution in [0.25, 0.3) is 0 Å². The molecule has 0 saturated carbocycles. The zero-order valence-electron chi connectivity index (χ0n) is 15.0. The van der Waals surface area contributed by atoms with Gasteiger partial charge in [-0.2, -0.15) is 0 Å². The minimum atomic E-state index is -0.558. The third-order valence-corrected chi connectivity index (χ3v) is 4.92. The first kappa shape index (κ1) is 21.2. The van der Waals surface area contributed by atoms with Crippen LogP contribution in [0.15, 0.2) is 66.7 Å². The van der Waals surface area contributed by atoms with Gasteiger partial charge < -0.3 is 9.47 Å². The van der Waals surface area contributed by atoms with E-state index < -0.39 is 11.9 Å². The molecule has 0 heterocycles. The molecule has 0 radical (unpaired) electrons. The second-order valence-electron chi connectivity index (χ2n) is 6.03. The topological polar surface area (TPSA) is 52.6 Å². The summed E-state index contributed by atoms with van der Waals surface area (Å²) in [6.07, 6.45) is 0. The molecular weight excluding hydrogens is 435 g/mol. The van der Waals surface area contributed by atoms with Crippen molar-refractivity contribution in [3.8, 4) is 11.5 Å². The molecule has 0 unspecified atom stereocenters. The van der Waals surface area contributed by atoms with Crippen LogP contribution in [0.1, 0.15) is 31.8 Å². The van der Waals surface area contributed by atoms with Crippen molar-refractivity contribution in [1.29, 1.82) is 0 Å². The summed E-state index contributed by atoms with van der Waals surface area (Å²) in [5.74, 6) is 0.0145. The van der Waals surface area contributed by atoms with Gasteiger partial charge in [-0.25, -0.2) is 9.59 Å². The SMILES string of the molecule is O=C(Oc1ccc(OC(=O)c2ccc(CCl)cc2)c(Cl)c1)c1ccc(CCl)cc1. The van der Waals surface area contributed by atoms with Gasteiger partial charge in [-0.05, 0) is 47.5 Å². The Labute approximate surface area is 182 Å². The fourth-order valence-corrected chi connectivity index (χ4v) is 2.98. The molecule has 0 saturated heterocycles. The number of alkyl halides is 2. The highest BCUT2D eigenvalue weighted by Crippen LogP contribution is 2.30. The van der Waals surface area contributed by atoms with Gasteiger partial charge in [0.05, 0.1) is 16.1 Å². The number of benzene rings is 3. The summed E-state index contributed by atoms with van der Waals surface area (Å²) in [5.41, 5.74) is 2.54. The van der Waals surface area contributed by atoms with Crippen LogP contribution in [0.3, 0.4) is 0 Å². The van der Waals surface area contributed by atoms with E-state index in [0.29, 0.717) is 22.9 Å². The Bertz CT molecular complexity index is 1020. The van der Waals surface area contributed by atoms with E-state index in [1.165, 1.54) is 18.2 Å². The van der Waals surface area contributed by atoms with Crippen molar-refractivity contribution in [3.63, 3.8) is 0 Å². The van der Waals surface area contributed by atoms with Crippen molar-refractivity contribution >= 4 is 46.7 Å². The summed E-state index contributed by atoms with van der Waals surface area (Å²) in [6.45, 7) is 0. The van der Waals surface area contributed by atoms with E-state index in [1.807, 2.05) is 0 Å². The van der Waals surface area contributed by atoms with Crippen LogP contribution >= 0.6 is 34.8 Å². The first-order valence-corrected chi connectivity index (χ1v) is 9.98. The summed E-state index contributed by atoms with van der Waals surface area (Å²) in [5, 5.41) is 0.138. The standard InChI is InChI=1S/C22H15Cl3O4/c23-12-14-1-5-16(6-2-14)21(26)28-18-9-10-20(19(25)11-18)29-22(27)17-7-3-15(13-24)4-8-17/h1-11H,12-13H2. The summed E-state index contributed by atoms with van der Waals surface area (Å²) in [6, 6.07) is 17.9. The lowest BCUT2D eigenvalue weighted by Crippen LogP contribution is -2.10. The minimum Gasteiger partial charge on any atom is -0.423 e. The maximum Gasteiger partial charge on any atom is 0.343 e. The van der Waals surface area contributed by atoms with Gasteiger partial charge in [-0.1, -0.05) is 35.9 Å². The molecule has 148 valence electrons. The lowest BCUT2D eigenvalue weighted by molar-refractivity contribution is 0.0719. The molecule has 0 aliphatic rings. The fraction of sp³-hybridized carbons (Fsp3) is 0.0909. The van der Waals surface area contributed by atoms with Crippen LogP contribution in [0.5, 0.6) is 11.5 Å². The highest BCUT2D eigenvalue weighted by atomic mass is 35.5. The summed E-state index contributed by atoms with van der Waals surface area (Å²) < 4.78 is 10.6. The first-order valence-electron chi connectivity index (χ1n) is 8.54. The zero-order valence-corrected chi connectivity index (χ0v) is 17.3. The van der Waals surface area contributed by atoms with Crippen molar-refractivity contribution < 1.29 is 19.1 Å². The van der Waals surface area contributed by atoms with E-state index in [4.69, 9.17) is 44.3 Å². The normalized spacial score (nSPS) is 10.4. The van der Waals surface area contributed by atoms with Gasteiger partial charge in [-0.15, -0.1) is 23.2 Å². The van der Waals surface area contributed by atoms with E-state index in [9.17, 15) is 9.59 Å². The maximum absolute atomic E-state index is 12.3. The largest absolute Gasteiger partial charge is 0.423 e. The summed E-state index contributed by atoms with van der Waals surface area (Å²) >= 11 is 17.7. The van der Waals surface area contributed by atoms with Crippen LogP contribution in [-0.2, 0) is 11.8 Å². The molecule has 7 heteroatoms. The molecule has 0 fully saturated rings. The molecule has 0 bridgehead atoms. The number of ether oxygens (including phenoxy) is 2. The van der Waals surface area contributed by atoms with Gasteiger partial charge in [0.15, 0.2) is 0 Å². The number of carbonyl (C=O) groups excluding carboxylic acids is 2. The van der Waals surface area contributed by atoms with E-state index in [1.54, 1.807) is 48.5 Å². The lowest BCUT2D eigenvalue weighted by atomic mass is 10.1. The molecule has 3 aromatic rings. The molecule has 3 rings (SSSR count). The molecule has 0 N–H and O–H groups in total. The quantitative estimate of drug-likeness (QED) is 0.253. The van der Waals surface area contributed by atoms with Crippen LogP contribution in [0.2, 0.25) is 5.02 Å². The Balaban J connectivity index is 1.67. The van der Waals surface area contributed by atoms with Gasteiger partial charge in [0.25, 0.3) is 0 Å². The number of hydrogen-bond acceptors (Lipinski definition) is 4. The average Bonchev–Trinajstić information content (AvgIpc) is 2.75. The Morgan fingerprint density at radius 3 is 1.62 bits per heavy atom. The number of hydrogen-bond donors (Lipinski definition) is 0. The smallest absolute Gasteiger partial charge is 0.343 e. The molecule has 0 aromatic heterocycles. The Hall–Kier alpha value is -2.53. The first-order chi connectivity index (χ1) is 14.0. The number of halogens is 3. The maximum atomic E-state index is 12.3. The number of rotatable bonds is 6. The Morgan fingerprint density at radius 1 is 0.690 bits per heavy atom. The second-order valence-corrected chi connectivity index (χ2v) is 6.97. The zero-order chi connectivity index (χ0) is 20.8. The van der Waals surface area contributed by atoms with E-state index in [-0.39, 0.29) is 16.5 Å². The van der Waals surface area contributed by atoms with Gasteiger partial charge >= 0.3 is 11.9 Å². The van der Waals surface area contributed by atoms with Crippen molar-refractivity contribution in [1.82, 2.24) is 0 Å². The second kappa shape index (κ2) is 9.79. The molecule has 0 spiro atoms. The van der Waals surface area contributed by atoms with Crippen LogP contribution in [0.4, 0.5) is 0 Å². The van der Waals surface area contributed by atoms with E-state index in [0.717, 1.165) is 11.1 Å². The van der Waals surface area contributed by atoms with Crippen LogP contribution in [0, 0.1) is 0 Å². The van der Waals surface area contributed by atoms with Crippen LogP contribution in [-0.4, -0.2) is 11.9 Å². The highest BCUT2D eigenvalue weighted by molar-refractivity contribution is 6.32.